The second kappa shape index (κ2) is 6.02. The molecule has 2 saturated heterocycles. The lowest BCUT2D eigenvalue weighted by Crippen LogP contribution is -2.58. The molecule has 1 amide bonds. The molecule has 2 fully saturated rings. The number of carbonyl (C=O) groups is 1. The third-order valence-electron chi connectivity index (χ3n) is 4.90. The molecule has 1 atom stereocenters. The van der Waals surface area contributed by atoms with Gasteiger partial charge in [-0.25, -0.2) is 0 Å². The van der Waals surface area contributed by atoms with Crippen molar-refractivity contribution in [1.29, 1.82) is 0 Å². The fourth-order valence-electron chi connectivity index (χ4n) is 3.51. The number of hydrogen-bond acceptors (Lipinski definition) is 5. The molecule has 3 heterocycles. The fraction of sp³-hybridized carbons (Fsp3) is 0.588. The highest BCUT2D eigenvalue weighted by molar-refractivity contribution is 5.82. The summed E-state index contributed by atoms with van der Waals surface area (Å²) in [6.07, 6.45) is 1.19. The van der Waals surface area contributed by atoms with Gasteiger partial charge in [0.2, 0.25) is 6.10 Å². The molecule has 0 bridgehead atoms. The Hall–Kier alpha value is -1.79. The maximum absolute atomic E-state index is 12.7. The van der Waals surface area contributed by atoms with Gasteiger partial charge in [0.15, 0.2) is 11.5 Å². The smallest absolute Gasteiger partial charge is 0.267 e. The molecule has 0 aromatic heterocycles. The van der Waals surface area contributed by atoms with E-state index in [0.29, 0.717) is 24.6 Å². The highest BCUT2D eigenvalue weighted by Crippen LogP contribution is 2.32. The van der Waals surface area contributed by atoms with Crippen LogP contribution in [0.25, 0.3) is 0 Å². The number of nitrogens with one attached hydrogen (secondary N) is 1. The predicted octanol–water partition coefficient (Wildman–Crippen LogP) is 0.807. The normalized spacial score (nSPS) is 26.1. The average molecular weight is 318 g/mol. The van der Waals surface area contributed by atoms with Crippen LogP contribution >= 0.6 is 0 Å². The zero-order valence-electron chi connectivity index (χ0n) is 13.1. The van der Waals surface area contributed by atoms with Gasteiger partial charge in [0.1, 0.15) is 6.61 Å². The van der Waals surface area contributed by atoms with Crippen molar-refractivity contribution in [2.45, 2.75) is 24.5 Å². The Kier molecular flexibility index (Phi) is 3.87. The van der Waals surface area contributed by atoms with Crippen LogP contribution in [0, 0.1) is 0 Å². The lowest BCUT2D eigenvalue weighted by Gasteiger charge is -2.44. The van der Waals surface area contributed by atoms with Crippen LogP contribution in [-0.2, 0) is 9.53 Å². The minimum Gasteiger partial charge on any atom is -0.485 e. The number of carbonyl (C=O) groups excluding carboxylic acids is 1. The van der Waals surface area contributed by atoms with Crippen LogP contribution in [0.5, 0.6) is 11.5 Å². The van der Waals surface area contributed by atoms with Crippen LogP contribution in [0.2, 0.25) is 0 Å². The molecule has 6 heteroatoms. The summed E-state index contributed by atoms with van der Waals surface area (Å²) in [7, 11) is 0. The van der Waals surface area contributed by atoms with Gasteiger partial charge in [-0.1, -0.05) is 12.1 Å². The summed E-state index contributed by atoms with van der Waals surface area (Å²) in [6.45, 7) is 4.24. The number of ether oxygens (including phenoxy) is 3. The topological polar surface area (TPSA) is 60.0 Å². The Labute approximate surface area is 135 Å². The van der Waals surface area contributed by atoms with Crippen molar-refractivity contribution in [3.8, 4) is 11.5 Å². The van der Waals surface area contributed by atoms with Gasteiger partial charge in [0.25, 0.3) is 5.91 Å². The Bertz CT molecular complexity index is 576. The molecule has 23 heavy (non-hydrogen) atoms. The molecule has 0 saturated carbocycles. The van der Waals surface area contributed by atoms with Crippen molar-refractivity contribution < 1.29 is 19.0 Å². The van der Waals surface area contributed by atoms with Gasteiger partial charge in [-0.3, -0.25) is 4.79 Å². The zero-order chi connectivity index (χ0) is 15.7. The van der Waals surface area contributed by atoms with E-state index < -0.39 is 6.10 Å². The number of rotatable bonds is 1. The van der Waals surface area contributed by atoms with Crippen LogP contribution in [0.15, 0.2) is 24.3 Å². The highest BCUT2D eigenvalue weighted by Gasteiger charge is 2.40. The lowest BCUT2D eigenvalue weighted by molar-refractivity contribution is -0.149. The van der Waals surface area contributed by atoms with Gasteiger partial charge in [0, 0.05) is 26.2 Å². The first-order valence-corrected chi connectivity index (χ1v) is 8.28. The summed E-state index contributed by atoms with van der Waals surface area (Å²) in [5, 5.41) is 3.39. The first-order valence-electron chi connectivity index (χ1n) is 8.28. The predicted molar refractivity (Wildman–Crippen MR) is 83.7 cm³/mol. The van der Waals surface area contributed by atoms with E-state index in [4.69, 9.17) is 14.2 Å². The number of para-hydroxylation sites is 2. The van der Waals surface area contributed by atoms with Crippen molar-refractivity contribution in [1.82, 2.24) is 10.2 Å². The lowest BCUT2D eigenvalue weighted by atomic mass is 9.90. The summed E-state index contributed by atoms with van der Waals surface area (Å²) >= 11 is 0. The van der Waals surface area contributed by atoms with E-state index in [0.717, 1.165) is 32.5 Å². The Morgan fingerprint density at radius 1 is 1.22 bits per heavy atom. The largest absolute Gasteiger partial charge is 0.485 e. The quantitative estimate of drug-likeness (QED) is 0.830. The van der Waals surface area contributed by atoms with Crippen molar-refractivity contribution in [3.63, 3.8) is 0 Å². The standard InChI is InChI=1S/C17H22N2O4/c20-16(15-11-21-13-3-1-2-4-14(13)23-15)19-8-5-17(6-9-19)12-18-7-10-22-17/h1-4,15,18H,5-12H2/t15-/m0/s1. The van der Waals surface area contributed by atoms with Crippen molar-refractivity contribution >= 4 is 5.91 Å². The van der Waals surface area contributed by atoms with Crippen molar-refractivity contribution in [2.24, 2.45) is 0 Å². The number of amides is 1. The fourth-order valence-corrected chi connectivity index (χ4v) is 3.51. The summed E-state index contributed by atoms with van der Waals surface area (Å²) in [5.74, 6) is 1.36. The minimum absolute atomic E-state index is 0.0121. The highest BCUT2D eigenvalue weighted by atomic mass is 16.6. The molecule has 1 aromatic carbocycles. The van der Waals surface area contributed by atoms with E-state index >= 15 is 0 Å². The second-order valence-corrected chi connectivity index (χ2v) is 6.40. The van der Waals surface area contributed by atoms with Gasteiger partial charge < -0.3 is 24.4 Å². The van der Waals surface area contributed by atoms with E-state index in [1.807, 2.05) is 29.2 Å². The van der Waals surface area contributed by atoms with Crippen LogP contribution in [0.1, 0.15) is 12.8 Å². The molecule has 0 aliphatic carbocycles. The number of hydrogen-bond donors (Lipinski definition) is 1. The number of fused-ring (bicyclic) bond motifs is 1. The molecule has 6 nitrogen and oxygen atoms in total. The summed E-state index contributed by atoms with van der Waals surface area (Å²) in [6, 6.07) is 7.47. The summed E-state index contributed by atoms with van der Waals surface area (Å²) < 4.78 is 17.4. The number of likely N-dealkylation sites (tertiary alicyclic amines) is 1. The van der Waals surface area contributed by atoms with Crippen LogP contribution < -0.4 is 14.8 Å². The summed E-state index contributed by atoms with van der Waals surface area (Å²) in [4.78, 5) is 14.6. The van der Waals surface area contributed by atoms with E-state index in [1.54, 1.807) is 0 Å². The molecule has 0 unspecified atom stereocenters. The molecule has 4 rings (SSSR count). The molecule has 1 N–H and O–H groups in total. The van der Waals surface area contributed by atoms with Crippen LogP contribution in [0.4, 0.5) is 0 Å². The molecular formula is C17H22N2O4. The maximum Gasteiger partial charge on any atom is 0.267 e. The van der Waals surface area contributed by atoms with Crippen molar-refractivity contribution in [3.05, 3.63) is 24.3 Å². The molecule has 3 aliphatic heterocycles. The average Bonchev–Trinajstić information content (AvgIpc) is 2.62. The van der Waals surface area contributed by atoms with E-state index in [9.17, 15) is 4.79 Å². The second-order valence-electron chi connectivity index (χ2n) is 6.40. The Morgan fingerprint density at radius 2 is 2.00 bits per heavy atom. The molecule has 1 spiro atoms. The van der Waals surface area contributed by atoms with Gasteiger partial charge >= 0.3 is 0 Å². The van der Waals surface area contributed by atoms with E-state index in [1.165, 1.54) is 0 Å². The number of morpholine rings is 1. The Morgan fingerprint density at radius 3 is 2.74 bits per heavy atom. The zero-order valence-corrected chi connectivity index (χ0v) is 13.1. The number of benzene rings is 1. The van der Waals surface area contributed by atoms with Crippen LogP contribution in [-0.4, -0.2) is 61.9 Å². The molecule has 3 aliphatic rings. The third-order valence-corrected chi connectivity index (χ3v) is 4.90. The number of piperidine rings is 1. The first-order chi connectivity index (χ1) is 11.3. The molecule has 1 aromatic rings. The molecule has 0 radical (unpaired) electrons. The van der Waals surface area contributed by atoms with Crippen LogP contribution in [0.3, 0.4) is 0 Å². The van der Waals surface area contributed by atoms with Gasteiger partial charge in [-0.05, 0) is 25.0 Å². The monoisotopic (exact) mass is 318 g/mol. The molecular weight excluding hydrogens is 296 g/mol. The third kappa shape index (κ3) is 2.88. The van der Waals surface area contributed by atoms with Crippen molar-refractivity contribution in [2.75, 3.05) is 39.4 Å². The van der Waals surface area contributed by atoms with E-state index in [2.05, 4.69) is 5.32 Å². The number of nitrogens with zero attached hydrogens (tertiary/aromatic N) is 1. The van der Waals surface area contributed by atoms with Gasteiger partial charge in [0.05, 0.1) is 12.2 Å². The van der Waals surface area contributed by atoms with Gasteiger partial charge in [-0.2, -0.15) is 0 Å². The Balaban J connectivity index is 1.37. The molecule has 124 valence electrons. The maximum atomic E-state index is 12.7. The van der Waals surface area contributed by atoms with E-state index in [-0.39, 0.29) is 18.1 Å². The first kappa shape index (κ1) is 14.8. The minimum atomic E-state index is -0.552. The summed E-state index contributed by atoms with van der Waals surface area (Å²) in [5.41, 5.74) is -0.0917. The SMILES string of the molecule is O=C([C@@H]1COc2ccccc2O1)N1CCC2(CC1)CNCCO2. The van der Waals surface area contributed by atoms with Gasteiger partial charge in [-0.15, -0.1) is 0 Å².